The van der Waals surface area contributed by atoms with Crippen molar-refractivity contribution in [1.82, 2.24) is 0 Å². The molecule has 0 atom stereocenters. The predicted octanol–water partition coefficient (Wildman–Crippen LogP) is 6.07. The van der Waals surface area contributed by atoms with Crippen LogP contribution in [0.4, 0.5) is 0 Å². The van der Waals surface area contributed by atoms with Crippen LogP contribution < -0.4 is 4.57 Å². The highest BCUT2D eigenvalue weighted by molar-refractivity contribution is 7.99. The summed E-state index contributed by atoms with van der Waals surface area (Å²) in [6.45, 7) is 2.20. The monoisotopic (exact) mass is 360 g/mol. The van der Waals surface area contributed by atoms with Gasteiger partial charge in [0.2, 0.25) is 5.69 Å². The molecular weight excluding hydrogens is 346 g/mol. The summed E-state index contributed by atoms with van der Waals surface area (Å²) in [4.78, 5) is 2.66. The van der Waals surface area contributed by atoms with Gasteiger partial charge in [-0.3, -0.25) is 0 Å². The Morgan fingerprint density at radius 1 is 1.04 bits per heavy atom. The van der Waals surface area contributed by atoms with Crippen molar-refractivity contribution in [1.29, 1.82) is 0 Å². The first-order valence-corrected chi connectivity index (χ1v) is 9.95. The van der Waals surface area contributed by atoms with E-state index in [2.05, 4.69) is 66.5 Å². The Labute approximate surface area is 152 Å². The standard InChI is InChI=1S/C21H14NOS2/c1-11-4-3-5-15-17(11)19-18-12(6-8-22(19)2)20-13(10-16(18)25-15)21-14(23-20)7-9-24-21/h3-10H,1-2H3/q+1. The number of furan rings is 1. The fourth-order valence-corrected chi connectivity index (χ4v) is 6.05. The van der Waals surface area contributed by atoms with Gasteiger partial charge < -0.3 is 4.42 Å². The second-order valence-electron chi connectivity index (χ2n) is 6.58. The van der Waals surface area contributed by atoms with E-state index >= 15 is 0 Å². The summed E-state index contributed by atoms with van der Waals surface area (Å²) in [5.41, 5.74) is 5.97. The van der Waals surface area contributed by atoms with Crippen LogP contribution in [0.3, 0.4) is 0 Å². The minimum Gasteiger partial charge on any atom is -0.454 e. The van der Waals surface area contributed by atoms with Gasteiger partial charge >= 0.3 is 0 Å². The maximum absolute atomic E-state index is 6.23. The molecule has 0 N–H and O–H groups in total. The molecule has 0 saturated carbocycles. The molecule has 0 aliphatic carbocycles. The molecule has 0 amide bonds. The van der Waals surface area contributed by atoms with Gasteiger partial charge in [0.25, 0.3) is 0 Å². The van der Waals surface area contributed by atoms with Gasteiger partial charge in [0, 0.05) is 26.6 Å². The lowest BCUT2D eigenvalue weighted by atomic mass is 9.98. The Morgan fingerprint density at radius 2 is 1.96 bits per heavy atom. The average Bonchev–Trinajstić information content (AvgIpc) is 3.18. The van der Waals surface area contributed by atoms with Gasteiger partial charge in [-0.15, -0.1) is 11.3 Å². The fraction of sp³-hybridized carbons (Fsp3) is 0.0952. The van der Waals surface area contributed by atoms with Crippen molar-refractivity contribution < 1.29 is 8.98 Å². The van der Waals surface area contributed by atoms with Crippen LogP contribution in [0.25, 0.3) is 43.3 Å². The maximum atomic E-state index is 6.23. The topological polar surface area (TPSA) is 17.0 Å². The van der Waals surface area contributed by atoms with Crippen molar-refractivity contribution in [2.24, 2.45) is 7.05 Å². The molecule has 0 saturated heterocycles. The molecule has 1 aliphatic heterocycles. The van der Waals surface area contributed by atoms with Crippen LogP contribution in [-0.4, -0.2) is 0 Å². The van der Waals surface area contributed by atoms with E-state index in [1.54, 1.807) is 11.3 Å². The van der Waals surface area contributed by atoms with Crippen LogP contribution in [0.5, 0.6) is 0 Å². The Balaban J connectivity index is 1.89. The average molecular weight is 360 g/mol. The summed E-state index contributed by atoms with van der Waals surface area (Å²) in [5, 5.41) is 5.86. The number of hydrogen-bond donors (Lipinski definition) is 0. The minimum atomic E-state index is 0.992. The van der Waals surface area contributed by atoms with Crippen LogP contribution in [-0.2, 0) is 7.05 Å². The van der Waals surface area contributed by atoms with Crippen LogP contribution in [0.1, 0.15) is 5.56 Å². The number of hydrogen-bond acceptors (Lipinski definition) is 3. The molecule has 25 heavy (non-hydrogen) atoms. The first kappa shape index (κ1) is 13.9. The van der Waals surface area contributed by atoms with Gasteiger partial charge in [0.05, 0.1) is 15.6 Å². The van der Waals surface area contributed by atoms with E-state index in [9.17, 15) is 0 Å². The van der Waals surface area contributed by atoms with E-state index in [0.29, 0.717) is 0 Å². The lowest BCUT2D eigenvalue weighted by molar-refractivity contribution is -0.659. The van der Waals surface area contributed by atoms with Crippen LogP contribution in [0.15, 0.2) is 62.2 Å². The van der Waals surface area contributed by atoms with Crippen LogP contribution in [0.2, 0.25) is 0 Å². The Morgan fingerprint density at radius 3 is 2.88 bits per heavy atom. The van der Waals surface area contributed by atoms with E-state index in [0.717, 1.165) is 11.2 Å². The summed E-state index contributed by atoms with van der Waals surface area (Å²) in [5.74, 6) is 0. The SMILES string of the molecule is Cc1cccc2c1-c1c3c(cc4c(oc5ccsc54)c3cc[n+]1C)S2. The lowest BCUT2D eigenvalue weighted by Gasteiger charge is -2.19. The van der Waals surface area contributed by atoms with Crippen molar-refractivity contribution in [2.45, 2.75) is 16.7 Å². The van der Waals surface area contributed by atoms with Gasteiger partial charge in [-0.25, -0.2) is 4.57 Å². The molecule has 120 valence electrons. The fourth-order valence-electron chi connectivity index (χ4n) is 3.99. The molecule has 3 aromatic heterocycles. The van der Waals surface area contributed by atoms with E-state index in [-0.39, 0.29) is 0 Å². The quantitative estimate of drug-likeness (QED) is 0.306. The largest absolute Gasteiger partial charge is 0.454 e. The van der Waals surface area contributed by atoms with Gasteiger partial charge in [-0.2, -0.15) is 0 Å². The van der Waals surface area contributed by atoms with Crippen molar-refractivity contribution >= 4 is 55.1 Å². The number of aromatic nitrogens is 1. The summed E-state index contributed by atoms with van der Waals surface area (Å²) < 4.78 is 9.73. The van der Waals surface area contributed by atoms with Gasteiger partial charge in [0.15, 0.2) is 6.20 Å². The molecule has 4 heteroatoms. The number of rotatable bonds is 0. The molecule has 6 rings (SSSR count). The molecule has 0 radical (unpaired) electrons. The number of pyridine rings is 1. The summed E-state index contributed by atoms with van der Waals surface area (Å²) >= 11 is 3.63. The van der Waals surface area contributed by atoms with Crippen molar-refractivity contribution in [2.75, 3.05) is 0 Å². The summed E-state index contributed by atoms with van der Waals surface area (Å²) in [6.07, 6.45) is 2.16. The molecule has 0 spiro atoms. The second kappa shape index (κ2) is 4.65. The molecule has 0 fully saturated rings. The minimum absolute atomic E-state index is 0.992. The third-order valence-electron chi connectivity index (χ3n) is 5.11. The molecular formula is C21H14NOS2+. The van der Waals surface area contributed by atoms with Crippen LogP contribution >= 0.6 is 23.1 Å². The van der Waals surface area contributed by atoms with E-state index in [1.807, 2.05) is 11.8 Å². The Bertz CT molecular complexity index is 1340. The number of thiophene rings is 1. The molecule has 0 unspecified atom stereocenters. The molecule has 2 aromatic carbocycles. The van der Waals surface area contributed by atoms with Crippen molar-refractivity contribution in [3.63, 3.8) is 0 Å². The second-order valence-corrected chi connectivity index (χ2v) is 8.58. The molecule has 4 heterocycles. The van der Waals surface area contributed by atoms with E-state index in [4.69, 9.17) is 4.42 Å². The maximum Gasteiger partial charge on any atom is 0.222 e. The first-order chi connectivity index (χ1) is 12.2. The predicted molar refractivity (Wildman–Crippen MR) is 105 cm³/mol. The number of aryl methyl sites for hydroxylation is 2. The van der Waals surface area contributed by atoms with Crippen molar-refractivity contribution in [3.8, 4) is 11.3 Å². The Kier molecular flexibility index (Phi) is 2.59. The Hall–Kier alpha value is -2.30. The van der Waals surface area contributed by atoms with Gasteiger partial charge in [-0.1, -0.05) is 23.9 Å². The summed E-state index contributed by atoms with van der Waals surface area (Å²) in [7, 11) is 2.13. The van der Waals surface area contributed by atoms with Gasteiger partial charge in [-0.05, 0) is 36.1 Å². The molecule has 0 bridgehead atoms. The number of benzene rings is 2. The van der Waals surface area contributed by atoms with E-state index < -0.39 is 0 Å². The van der Waals surface area contributed by atoms with Gasteiger partial charge in [0.1, 0.15) is 18.2 Å². The zero-order chi connectivity index (χ0) is 16.7. The lowest BCUT2D eigenvalue weighted by Crippen LogP contribution is -2.31. The normalized spacial score (nSPS) is 13.0. The highest BCUT2D eigenvalue weighted by Crippen LogP contribution is 2.50. The third kappa shape index (κ3) is 1.68. The van der Waals surface area contributed by atoms with Crippen molar-refractivity contribution in [3.05, 3.63) is 53.5 Å². The number of nitrogens with zero attached hydrogens (tertiary/aromatic N) is 1. The molecule has 1 aliphatic rings. The zero-order valence-electron chi connectivity index (χ0n) is 13.8. The summed E-state index contributed by atoms with van der Waals surface area (Å²) in [6, 6.07) is 13.2. The highest BCUT2D eigenvalue weighted by Gasteiger charge is 2.30. The van der Waals surface area contributed by atoms with E-state index in [1.165, 1.54) is 47.5 Å². The third-order valence-corrected chi connectivity index (χ3v) is 7.14. The zero-order valence-corrected chi connectivity index (χ0v) is 15.4. The highest BCUT2D eigenvalue weighted by atomic mass is 32.2. The number of fused-ring (bicyclic) bond motifs is 6. The molecule has 5 aromatic rings. The van der Waals surface area contributed by atoms with Crippen LogP contribution in [0, 0.1) is 6.92 Å². The smallest absolute Gasteiger partial charge is 0.222 e. The molecule has 2 nitrogen and oxygen atoms in total. The first-order valence-electron chi connectivity index (χ1n) is 8.25.